The molecule has 2 aromatic rings. The Morgan fingerprint density at radius 3 is 2.91 bits per heavy atom. The Hall–Kier alpha value is -1.92. The van der Waals surface area contributed by atoms with E-state index in [0.29, 0.717) is 37.6 Å². The number of nitrogens with zero attached hydrogens (tertiary/aromatic N) is 3. The van der Waals surface area contributed by atoms with Crippen molar-refractivity contribution in [2.45, 2.75) is 26.3 Å². The van der Waals surface area contributed by atoms with E-state index >= 15 is 0 Å². The van der Waals surface area contributed by atoms with Gasteiger partial charge in [-0.05, 0) is 17.7 Å². The van der Waals surface area contributed by atoms with Crippen molar-refractivity contribution in [1.82, 2.24) is 20.1 Å². The van der Waals surface area contributed by atoms with Gasteiger partial charge in [-0.15, -0.1) is 0 Å². The Bertz CT molecular complexity index is 657. The molecule has 0 unspecified atom stereocenters. The molecule has 0 aliphatic heterocycles. The maximum atomic E-state index is 11.0. The maximum absolute atomic E-state index is 11.0. The molecule has 7 heteroatoms. The number of halogens is 1. The Morgan fingerprint density at radius 2 is 2.22 bits per heavy atom. The first-order valence-corrected chi connectivity index (χ1v) is 7.86. The molecule has 2 rings (SSSR count). The highest BCUT2D eigenvalue weighted by atomic mass is 35.5. The average molecular weight is 337 g/mol. The number of amides is 1. The maximum Gasteiger partial charge on any atom is 0.216 e. The van der Waals surface area contributed by atoms with Crippen LogP contribution in [0, 0.1) is 0 Å². The van der Waals surface area contributed by atoms with E-state index in [2.05, 4.69) is 15.4 Å². The smallest absolute Gasteiger partial charge is 0.216 e. The summed E-state index contributed by atoms with van der Waals surface area (Å²) in [6.45, 7) is 3.20. The van der Waals surface area contributed by atoms with Crippen molar-refractivity contribution in [3.05, 3.63) is 46.5 Å². The molecule has 1 heterocycles. The molecule has 0 fully saturated rings. The van der Waals surface area contributed by atoms with Gasteiger partial charge in [0, 0.05) is 38.4 Å². The van der Waals surface area contributed by atoms with Gasteiger partial charge in [0.05, 0.1) is 13.2 Å². The largest absolute Gasteiger partial charge is 0.384 e. The molecule has 124 valence electrons. The van der Waals surface area contributed by atoms with E-state index in [1.54, 1.807) is 7.11 Å². The van der Waals surface area contributed by atoms with Crippen LogP contribution in [-0.2, 0) is 28.9 Å². The number of aromatic nitrogens is 3. The number of methoxy groups -OCH3 is 1. The van der Waals surface area contributed by atoms with Crippen molar-refractivity contribution in [3.63, 3.8) is 0 Å². The minimum absolute atomic E-state index is 0.0505. The minimum Gasteiger partial charge on any atom is -0.384 e. The van der Waals surface area contributed by atoms with Gasteiger partial charge in [-0.2, -0.15) is 5.10 Å². The summed E-state index contributed by atoms with van der Waals surface area (Å²) in [5.41, 5.74) is 1.06. The van der Waals surface area contributed by atoms with Crippen molar-refractivity contribution in [2.75, 3.05) is 20.3 Å². The summed E-state index contributed by atoms with van der Waals surface area (Å²) in [7, 11) is 1.65. The van der Waals surface area contributed by atoms with E-state index in [4.69, 9.17) is 16.3 Å². The van der Waals surface area contributed by atoms with E-state index in [1.807, 2.05) is 28.9 Å². The molecule has 1 aromatic carbocycles. The zero-order chi connectivity index (χ0) is 16.7. The molecule has 0 spiro atoms. The average Bonchev–Trinajstić information content (AvgIpc) is 2.87. The molecular weight excluding hydrogens is 316 g/mol. The van der Waals surface area contributed by atoms with Crippen LogP contribution in [-0.4, -0.2) is 40.9 Å². The van der Waals surface area contributed by atoms with E-state index in [9.17, 15) is 4.79 Å². The zero-order valence-corrected chi connectivity index (χ0v) is 14.1. The predicted molar refractivity (Wildman–Crippen MR) is 88.5 cm³/mol. The molecule has 0 atom stereocenters. The summed E-state index contributed by atoms with van der Waals surface area (Å²) in [4.78, 5) is 15.6. The summed E-state index contributed by atoms with van der Waals surface area (Å²) in [5, 5.41) is 8.02. The van der Waals surface area contributed by atoms with E-state index < -0.39 is 0 Å². The summed E-state index contributed by atoms with van der Waals surface area (Å²) in [6, 6.07) is 7.67. The highest BCUT2D eigenvalue weighted by molar-refractivity contribution is 6.30. The molecule has 1 N–H and O–H groups in total. The van der Waals surface area contributed by atoms with Crippen LogP contribution in [0.5, 0.6) is 0 Å². The van der Waals surface area contributed by atoms with Crippen LogP contribution < -0.4 is 5.32 Å². The Balaban J connectivity index is 2.13. The zero-order valence-electron chi connectivity index (χ0n) is 13.4. The molecule has 1 amide bonds. The number of hydrogen-bond acceptors (Lipinski definition) is 4. The summed E-state index contributed by atoms with van der Waals surface area (Å²) in [5.74, 6) is 1.53. The number of carbonyl (C=O) groups is 1. The van der Waals surface area contributed by atoms with Gasteiger partial charge in [0.25, 0.3) is 0 Å². The molecule has 0 radical (unpaired) electrons. The SMILES string of the molecule is COCCc1nc(CCNC(C)=O)n(Cc2cccc(Cl)c2)n1. The van der Waals surface area contributed by atoms with Gasteiger partial charge in [0.2, 0.25) is 5.91 Å². The fourth-order valence-electron chi connectivity index (χ4n) is 2.20. The lowest BCUT2D eigenvalue weighted by atomic mass is 10.2. The van der Waals surface area contributed by atoms with Gasteiger partial charge >= 0.3 is 0 Å². The highest BCUT2D eigenvalue weighted by Gasteiger charge is 2.11. The highest BCUT2D eigenvalue weighted by Crippen LogP contribution is 2.13. The van der Waals surface area contributed by atoms with Crippen LogP contribution in [0.2, 0.25) is 5.02 Å². The van der Waals surface area contributed by atoms with Crippen molar-refractivity contribution in [2.24, 2.45) is 0 Å². The third kappa shape index (κ3) is 5.65. The lowest BCUT2D eigenvalue weighted by Gasteiger charge is -2.07. The van der Waals surface area contributed by atoms with Crippen molar-refractivity contribution in [1.29, 1.82) is 0 Å². The van der Waals surface area contributed by atoms with Gasteiger partial charge < -0.3 is 10.1 Å². The van der Waals surface area contributed by atoms with Crippen LogP contribution in [0.25, 0.3) is 0 Å². The Kier molecular flexibility index (Phi) is 6.55. The molecule has 23 heavy (non-hydrogen) atoms. The van der Waals surface area contributed by atoms with Gasteiger partial charge in [-0.25, -0.2) is 9.67 Å². The lowest BCUT2D eigenvalue weighted by Crippen LogP contribution is -2.23. The first-order chi connectivity index (χ1) is 11.1. The molecule has 1 aromatic heterocycles. The first kappa shape index (κ1) is 17.4. The number of nitrogens with one attached hydrogen (secondary N) is 1. The number of benzene rings is 1. The Morgan fingerprint density at radius 1 is 1.39 bits per heavy atom. The van der Waals surface area contributed by atoms with E-state index in [1.165, 1.54) is 6.92 Å². The second-order valence-corrected chi connectivity index (χ2v) is 5.64. The van der Waals surface area contributed by atoms with Crippen LogP contribution in [0.3, 0.4) is 0 Å². The third-order valence-corrected chi connectivity index (χ3v) is 3.50. The Labute approximate surface area is 140 Å². The quantitative estimate of drug-likeness (QED) is 0.798. The van der Waals surface area contributed by atoms with Gasteiger partial charge in [0.15, 0.2) is 5.82 Å². The molecule has 0 aliphatic carbocycles. The summed E-state index contributed by atoms with van der Waals surface area (Å²) < 4.78 is 6.94. The number of carbonyl (C=O) groups excluding carboxylic acids is 1. The second kappa shape index (κ2) is 8.64. The standard InChI is InChI=1S/C16H21ClN4O2/c1-12(22)18-8-6-16-19-15(7-9-23-2)20-21(16)11-13-4-3-5-14(17)10-13/h3-5,10H,6-9,11H2,1-2H3,(H,18,22). The van der Waals surface area contributed by atoms with Crippen LogP contribution in [0.1, 0.15) is 24.1 Å². The third-order valence-electron chi connectivity index (χ3n) is 3.27. The fourth-order valence-corrected chi connectivity index (χ4v) is 2.41. The van der Waals surface area contributed by atoms with Crippen molar-refractivity contribution < 1.29 is 9.53 Å². The summed E-state index contributed by atoms with van der Waals surface area (Å²) >= 11 is 6.03. The number of hydrogen-bond donors (Lipinski definition) is 1. The van der Waals surface area contributed by atoms with E-state index in [0.717, 1.165) is 17.2 Å². The first-order valence-electron chi connectivity index (χ1n) is 7.49. The van der Waals surface area contributed by atoms with Gasteiger partial charge in [-0.1, -0.05) is 23.7 Å². The molecule has 6 nitrogen and oxygen atoms in total. The normalized spacial score (nSPS) is 10.7. The topological polar surface area (TPSA) is 69.0 Å². The van der Waals surface area contributed by atoms with Crippen LogP contribution in [0.15, 0.2) is 24.3 Å². The number of ether oxygens (including phenoxy) is 1. The van der Waals surface area contributed by atoms with E-state index in [-0.39, 0.29) is 5.91 Å². The molecule has 0 aliphatic rings. The fraction of sp³-hybridized carbons (Fsp3) is 0.438. The van der Waals surface area contributed by atoms with Crippen LogP contribution in [0.4, 0.5) is 0 Å². The lowest BCUT2D eigenvalue weighted by molar-refractivity contribution is -0.118. The van der Waals surface area contributed by atoms with Crippen LogP contribution >= 0.6 is 11.6 Å². The van der Waals surface area contributed by atoms with Gasteiger partial charge in [-0.3, -0.25) is 4.79 Å². The predicted octanol–water partition coefficient (Wildman–Crippen LogP) is 1.85. The minimum atomic E-state index is -0.0505. The second-order valence-electron chi connectivity index (χ2n) is 5.21. The van der Waals surface area contributed by atoms with Crippen molar-refractivity contribution in [3.8, 4) is 0 Å². The molecule has 0 saturated heterocycles. The number of rotatable bonds is 8. The summed E-state index contributed by atoms with van der Waals surface area (Å²) in [6.07, 6.45) is 1.28. The molecule has 0 saturated carbocycles. The molecular formula is C16H21ClN4O2. The monoisotopic (exact) mass is 336 g/mol. The van der Waals surface area contributed by atoms with Crippen molar-refractivity contribution >= 4 is 17.5 Å². The van der Waals surface area contributed by atoms with Gasteiger partial charge in [0.1, 0.15) is 5.82 Å². The molecule has 0 bridgehead atoms.